The van der Waals surface area contributed by atoms with Gasteiger partial charge in [-0.15, -0.1) is 0 Å². The van der Waals surface area contributed by atoms with Gasteiger partial charge in [-0.05, 0) is 123 Å². The topological polar surface area (TPSA) is 52.6 Å². The summed E-state index contributed by atoms with van der Waals surface area (Å²) in [5.41, 5.74) is -6.22. The molecule has 0 heterocycles. The number of allylic oxidation sites excluding steroid dienone is 2. The lowest BCUT2D eigenvalue weighted by molar-refractivity contribution is -0.289. The molecule has 0 fully saturated rings. The van der Waals surface area contributed by atoms with Gasteiger partial charge < -0.3 is 9.47 Å². The maximum Gasteiger partial charge on any atom is 0.411 e. The minimum atomic E-state index is -5.80. The average Bonchev–Trinajstić information content (AvgIpc) is 2.90. The first-order valence-corrected chi connectivity index (χ1v) is 14.0. The number of carbonyl (C=O) groups is 2. The fourth-order valence-electron chi connectivity index (χ4n) is 4.26. The molecule has 0 saturated carbocycles. The third-order valence-corrected chi connectivity index (χ3v) is 7.70. The molecule has 41 heavy (non-hydrogen) atoms. The molecule has 0 saturated heterocycles. The second-order valence-electron chi connectivity index (χ2n) is 8.87. The van der Waals surface area contributed by atoms with Gasteiger partial charge in [-0.25, -0.2) is 9.59 Å². The van der Waals surface area contributed by atoms with Crippen LogP contribution in [0.3, 0.4) is 0 Å². The van der Waals surface area contributed by atoms with Gasteiger partial charge in [0.25, 0.3) is 0 Å². The molecule has 214 valence electrons. The van der Waals surface area contributed by atoms with Gasteiger partial charge in [0.15, 0.2) is 0 Å². The van der Waals surface area contributed by atoms with E-state index in [2.05, 4.69) is 0 Å². The Kier molecular flexibility index (Phi) is 9.21. The number of rotatable bonds is 6. The van der Waals surface area contributed by atoms with E-state index >= 15 is 0 Å². The molecule has 4 nitrogen and oxygen atoms in total. The SMILES string of the molecule is O=C(Oc1ccc(C(C2=CCC(OC(=O)c3ccc(I)cc3)C=C2)(C(F)(F)F)C(F)(F)F)cc1)c1ccc(I)cc1. The molecule has 0 bridgehead atoms. The summed E-state index contributed by atoms with van der Waals surface area (Å²) in [5.74, 6) is -1.82. The van der Waals surface area contributed by atoms with Crippen LogP contribution in [0.1, 0.15) is 32.7 Å². The lowest BCUT2D eigenvalue weighted by atomic mass is 9.71. The van der Waals surface area contributed by atoms with Crippen LogP contribution in [-0.2, 0) is 10.2 Å². The van der Waals surface area contributed by atoms with E-state index in [-0.39, 0.29) is 16.9 Å². The first kappa shape index (κ1) is 31.1. The third kappa shape index (κ3) is 6.63. The maximum absolute atomic E-state index is 14.5. The predicted molar refractivity (Wildman–Crippen MR) is 155 cm³/mol. The van der Waals surface area contributed by atoms with Gasteiger partial charge in [-0.2, -0.15) is 26.3 Å². The summed E-state index contributed by atoms with van der Waals surface area (Å²) >= 11 is 4.06. The highest BCUT2D eigenvalue weighted by Crippen LogP contribution is 2.57. The minimum absolute atomic E-state index is 0.157. The van der Waals surface area contributed by atoms with E-state index < -0.39 is 53.4 Å². The Balaban J connectivity index is 1.60. The number of carbonyl (C=O) groups excluding carboxylic acids is 2. The first-order chi connectivity index (χ1) is 19.2. The molecule has 1 aliphatic carbocycles. The quantitative estimate of drug-likeness (QED) is 0.109. The Labute approximate surface area is 257 Å². The van der Waals surface area contributed by atoms with Crippen molar-refractivity contribution in [2.24, 2.45) is 0 Å². The summed E-state index contributed by atoms with van der Waals surface area (Å²) in [4.78, 5) is 24.7. The molecule has 1 unspecified atom stereocenters. The van der Waals surface area contributed by atoms with Crippen molar-refractivity contribution >= 4 is 57.1 Å². The Bertz CT molecular complexity index is 1460. The number of benzene rings is 3. The third-order valence-electron chi connectivity index (χ3n) is 6.26. The average molecular weight is 798 g/mol. The zero-order valence-corrected chi connectivity index (χ0v) is 24.9. The summed E-state index contributed by atoms with van der Waals surface area (Å²) < 4.78 is 99.1. The number of hydrogen-bond donors (Lipinski definition) is 0. The van der Waals surface area contributed by atoms with Gasteiger partial charge in [0.2, 0.25) is 5.41 Å². The molecule has 12 heteroatoms. The Hall–Kier alpha value is -2.88. The number of esters is 2. The molecule has 0 radical (unpaired) electrons. The van der Waals surface area contributed by atoms with Gasteiger partial charge in [-0.3, -0.25) is 0 Å². The van der Waals surface area contributed by atoms with Crippen LogP contribution in [-0.4, -0.2) is 30.4 Å². The number of halogens is 8. The normalized spacial score (nSPS) is 15.7. The number of hydrogen-bond acceptors (Lipinski definition) is 4. The van der Waals surface area contributed by atoms with Crippen LogP contribution < -0.4 is 4.74 Å². The summed E-state index contributed by atoms with van der Waals surface area (Å²) in [6.45, 7) is 0. The van der Waals surface area contributed by atoms with Crippen molar-refractivity contribution in [1.82, 2.24) is 0 Å². The van der Waals surface area contributed by atoms with Crippen LogP contribution in [0.25, 0.3) is 0 Å². The fraction of sp³-hybridized carbons (Fsp3) is 0.172. The van der Waals surface area contributed by atoms with Gasteiger partial charge in [0.05, 0.1) is 11.1 Å². The van der Waals surface area contributed by atoms with Crippen LogP contribution >= 0.6 is 45.2 Å². The highest BCUT2D eigenvalue weighted by Gasteiger charge is 2.73. The van der Waals surface area contributed by atoms with Crippen molar-refractivity contribution in [3.63, 3.8) is 0 Å². The first-order valence-electron chi connectivity index (χ1n) is 11.8. The molecule has 0 aromatic heterocycles. The molecule has 0 spiro atoms. The Morgan fingerprint density at radius 2 is 1.20 bits per heavy atom. The molecular weight excluding hydrogens is 780 g/mol. The smallest absolute Gasteiger partial charge is 0.411 e. The molecule has 0 aliphatic heterocycles. The Morgan fingerprint density at radius 1 is 0.707 bits per heavy atom. The molecule has 0 N–H and O–H groups in total. The molecule has 3 aromatic carbocycles. The van der Waals surface area contributed by atoms with E-state index in [1.54, 1.807) is 24.3 Å². The fourth-order valence-corrected chi connectivity index (χ4v) is 4.98. The largest absolute Gasteiger partial charge is 0.454 e. The van der Waals surface area contributed by atoms with Crippen molar-refractivity contribution in [2.75, 3.05) is 0 Å². The highest BCUT2D eigenvalue weighted by molar-refractivity contribution is 14.1. The number of alkyl halides is 6. The van der Waals surface area contributed by atoms with Gasteiger partial charge in [-0.1, -0.05) is 24.3 Å². The van der Waals surface area contributed by atoms with E-state index in [0.29, 0.717) is 18.2 Å². The van der Waals surface area contributed by atoms with Crippen LogP contribution in [0.5, 0.6) is 5.75 Å². The van der Waals surface area contributed by atoms with Crippen LogP contribution in [0.15, 0.2) is 96.6 Å². The lowest BCUT2D eigenvalue weighted by Crippen LogP contribution is -2.55. The lowest BCUT2D eigenvalue weighted by Gasteiger charge is -2.40. The molecule has 1 aliphatic rings. The van der Waals surface area contributed by atoms with Gasteiger partial charge in [0, 0.05) is 13.6 Å². The maximum atomic E-state index is 14.5. The van der Waals surface area contributed by atoms with E-state index in [0.717, 1.165) is 31.4 Å². The summed E-state index contributed by atoms with van der Waals surface area (Å²) in [6, 6.07) is 15.6. The second-order valence-corrected chi connectivity index (χ2v) is 11.4. The van der Waals surface area contributed by atoms with Gasteiger partial charge >= 0.3 is 24.3 Å². The minimum Gasteiger partial charge on any atom is -0.454 e. The zero-order valence-electron chi connectivity index (χ0n) is 20.6. The molecule has 1 atom stereocenters. The molecular formula is C29H18F6I2O4. The van der Waals surface area contributed by atoms with E-state index in [9.17, 15) is 35.9 Å². The number of ether oxygens (including phenoxy) is 2. The summed E-state index contributed by atoms with van der Waals surface area (Å²) in [7, 11) is 0. The van der Waals surface area contributed by atoms with Crippen molar-refractivity contribution < 1.29 is 45.4 Å². The standard InChI is InChI=1S/C29H18F6I2O4/c30-28(31,32)27(29(33,34)35,19-5-13-23(14-6-19)40-25(38)17-1-9-21(36)10-2-17)20-7-15-24(16-8-20)41-26(39)18-3-11-22(37)12-4-18/h1-15,24H,16H2. The van der Waals surface area contributed by atoms with Crippen molar-refractivity contribution in [1.29, 1.82) is 0 Å². The van der Waals surface area contributed by atoms with Crippen molar-refractivity contribution in [3.8, 4) is 5.75 Å². The Morgan fingerprint density at radius 3 is 1.63 bits per heavy atom. The predicted octanol–water partition coefficient (Wildman–Crippen LogP) is 8.59. The molecule has 4 rings (SSSR count). The van der Waals surface area contributed by atoms with Crippen molar-refractivity contribution in [2.45, 2.75) is 30.3 Å². The monoisotopic (exact) mass is 798 g/mol. The van der Waals surface area contributed by atoms with E-state index in [4.69, 9.17) is 9.47 Å². The summed E-state index contributed by atoms with van der Waals surface area (Å²) in [5, 5.41) is 0. The second kappa shape index (κ2) is 12.2. The highest BCUT2D eigenvalue weighted by atomic mass is 127. The van der Waals surface area contributed by atoms with E-state index in [1.807, 2.05) is 45.2 Å². The van der Waals surface area contributed by atoms with Crippen molar-refractivity contribution in [3.05, 3.63) is 120 Å². The van der Waals surface area contributed by atoms with Crippen LogP contribution in [0, 0.1) is 7.14 Å². The van der Waals surface area contributed by atoms with E-state index in [1.165, 1.54) is 24.3 Å². The molecule has 3 aromatic rings. The molecule has 0 amide bonds. The van der Waals surface area contributed by atoms with Crippen LogP contribution in [0.4, 0.5) is 26.3 Å². The summed E-state index contributed by atoms with van der Waals surface area (Å²) in [6.07, 6.45) is -10.6. The van der Waals surface area contributed by atoms with Gasteiger partial charge in [0.1, 0.15) is 11.9 Å². The zero-order chi connectivity index (χ0) is 30.0. The van der Waals surface area contributed by atoms with Crippen LogP contribution in [0.2, 0.25) is 0 Å².